The summed E-state index contributed by atoms with van der Waals surface area (Å²) in [6.07, 6.45) is 6.87. The SMILES string of the molecule is CCNCc1cccc(OCCC2CCCC2)c1. The van der Waals surface area contributed by atoms with Gasteiger partial charge in [-0.3, -0.25) is 0 Å². The van der Waals surface area contributed by atoms with Crippen LogP contribution < -0.4 is 10.1 Å². The van der Waals surface area contributed by atoms with Gasteiger partial charge in [-0.2, -0.15) is 0 Å². The summed E-state index contributed by atoms with van der Waals surface area (Å²) in [5, 5.41) is 3.34. The zero-order chi connectivity index (χ0) is 12.6. The highest BCUT2D eigenvalue weighted by Gasteiger charge is 2.14. The van der Waals surface area contributed by atoms with Crippen molar-refractivity contribution in [3.8, 4) is 5.75 Å². The number of rotatable bonds is 7. The molecule has 1 aromatic carbocycles. The van der Waals surface area contributed by atoms with Gasteiger partial charge in [-0.15, -0.1) is 0 Å². The van der Waals surface area contributed by atoms with Crippen LogP contribution in [-0.2, 0) is 6.54 Å². The van der Waals surface area contributed by atoms with E-state index in [4.69, 9.17) is 4.74 Å². The Morgan fingerprint density at radius 2 is 2.11 bits per heavy atom. The predicted octanol–water partition coefficient (Wildman–Crippen LogP) is 3.76. The van der Waals surface area contributed by atoms with Crippen LogP contribution in [0.2, 0.25) is 0 Å². The van der Waals surface area contributed by atoms with E-state index in [1.54, 1.807) is 0 Å². The smallest absolute Gasteiger partial charge is 0.119 e. The van der Waals surface area contributed by atoms with Crippen LogP contribution in [0.15, 0.2) is 24.3 Å². The van der Waals surface area contributed by atoms with Crippen molar-refractivity contribution in [2.24, 2.45) is 5.92 Å². The zero-order valence-electron chi connectivity index (χ0n) is 11.5. The van der Waals surface area contributed by atoms with E-state index < -0.39 is 0 Å². The number of benzene rings is 1. The molecule has 2 heteroatoms. The van der Waals surface area contributed by atoms with Crippen LogP contribution in [0.3, 0.4) is 0 Å². The summed E-state index contributed by atoms with van der Waals surface area (Å²) in [6.45, 7) is 4.93. The summed E-state index contributed by atoms with van der Waals surface area (Å²) in [4.78, 5) is 0. The summed E-state index contributed by atoms with van der Waals surface area (Å²) < 4.78 is 5.86. The van der Waals surface area contributed by atoms with Gasteiger partial charge in [-0.1, -0.05) is 44.7 Å². The minimum atomic E-state index is 0.870. The molecule has 0 bridgehead atoms. The second-order valence-corrected chi connectivity index (χ2v) is 5.22. The first-order valence-electron chi connectivity index (χ1n) is 7.31. The first kappa shape index (κ1) is 13.4. The summed E-state index contributed by atoms with van der Waals surface area (Å²) in [5.41, 5.74) is 1.30. The summed E-state index contributed by atoms with van der Waals surface area (Å²) >= 11 is 0. The number of nitrogens with one attached hydrogen (secondary N) is 1. The maximum atomic E-state index is 5.86. The highest BCUT2D eigenvalue weighted by molar-refractivity contribution is 5.28. The van der Waals surface area contributed by atoms with Crippen LogP contribution in [0.1, 0.15) is 44.6 Å². The molecule has 18 heavy (non-hydrogen) atoms. The van der Waals surface area contributed by atoms with Crippen molar-refractivity contribution in [3.63, 3.8) is 0 Å². The third kappa shape index (κ3) is 4.34. The Kier molecular flexibility index (Phi) is 5.53. The maximum Gasteiger partial charge on any atom is 0.119 e. The van der Waals surface area contributed by atoms with Crippen molar-refractivity contribution < 1.29 is 4.74 Å². The van der Waals surface area contributed by atoms with Gasteiger partial charge in [0, 0.05) is 6.54 Å². The van der Waals surface area contributed by atoms with Crippen molar-refractivity contribution in [2.75, 3.05) is 13.2 Å². The third-order valence-corrected chi connectivity index (χ3v) is 3.75. The third-order valence-electron chi connectivity index (χ3n) is 3.75. The van der Waals surface area contributed by atoms with E-state index in [1.807, 2.05) is 0 Å². The summed E-state index contributed by atoms with van der Waals surface area (Å²) in [6, 6.07) is 8.44. The van der Waals surface area contributed by atoms with Gasteiger partial charge in [-0.05, 0) is 36.6 Å². The van der Waals surface area contributed by atoms with Gasteiger partial charge < -0.3 is 10.1 Å². The minimum absolute atomic E-state index is 0.870. The van der Waals surface area contributed by atoms with Gasteiger partial charge in [-0.25, -0.2) is 0 Å². The average Bonchev–Trinajstić information content (AvgIpc) is 2.90. The van der Waals surface area contributed by atoms with Crippen LogP contribution in [0, 0.1) is 5.92 Å². The lowest BCUT2D eigenvalue weighted by Gasteiger charge is -2.11. The molecule has 1 aliphatic carbocycles. The van der Waals surface area contributed by atoms with Crippen molar-refractivity contribution >= 4 is 0 Å². The predicted molar refractivity (Wildman–Crippen MR) is 75.9 cm³/mol. The molecule has 1 fully saturated rings. The topological polar surface area (TPSA) is 21.3 Å². The monoisotopic (exact) mass is 247 g/mol. The molecule has 0 saturated heterocycles. The first-order valence-corrected chi connectivity index (χ1v) is 7.31. The van der Waals surface area contributed by atoms with Gasteiger partial charge in [0.25, 0.3) is 0 Å². The Morgan fingerprint density at radius 1 is 1.28 bits per heavy atom. The highest BCUT2D eigenvalue weighted by atomic mass is 16.5. The number of hydrogen-bond acceptors (Lipinski definition) is 2. The average molecular weight is 247 g/mol. The molecule has 0 atom stereocenters. The van der Waals surface area contributed by atoms with Crippen LogP contribution >= 0.6 is 0 Å². The van der Waals surface area contributed by atoms with Crippen LogP contribution in [0.5, 0.6) is 5.75 Å². The van der Waals surface area contributed by atoms with Crippen LogP contribution in [0.25, 0.3) is 0 Å². The quantitative estimate of drug-likeness (QED) is 0.792. The Morgan fingerprint density at radius 3 is 2.89 bits per heavy atom. The Labute approximate surface area is 111 Å². The van der Waals surface area contributed by atoms with E-state index >= 15 is 0 Å². The van der Waals surface area contributed by atoms with Crippen LogP contribution in [-0.4, -0.2) is 13.2 Å². The molecule has 100 valence electrons. The fourth-order valence-electron chi connectivity index (χ4n) is 2.66. The largest absolute Gasteiger partial charge is 0.494 e. The lowest BCUT2D eigenvalue weighted by atomic mass is 10.1. The Hall–Kier alpha value is -1.02. The standard InChI is InChI=1S/C16H25NO/c1-2-17-13-15-8-5-9-16(12-15)18-11-10-14-6-3-4-7-14/h5,8-9,12,14,17H,2-4,6-7,10-11,13H2,1H3. The lowest BCUT2D eigenvalue weighted by Crippen LogP contribution is -2.11. The van der Waals surface area contributed by atoms with Gasteiger partial charge in [0.2, 0.25) is 0 Å². The van der Waals surface area contributed by atoms with E-state index in [0.717, 1.165) is 31.4 Å². The highest BCUT2D eigenvalue weighted by Crippen LogP contribution is 2.27. The summed E-state index contributed by atoms with van der Waals surface area (Å²) in [5.74, 6) is 1.93. The maximum absolute atomic E-state index is 5.86. The van der Waals surface area contributed by atoms with Gasteiger partial charge in [0.05, 0.1) is 6.61 Å². The molecule has 0 aliphatic heterocycles. The van der Waals surface area contributed by atoms with E-state index in [-0.39, 0.29) is 0 Å². The Bertz CT molecular complexity index is 345. The second-order valence-electron chi connectivity index (χ2n) is 5.22. The van der Waals surface area contributed by atoms with E-state index in [0.29, 0.717) is 0 Å². The van der Waals surface area contributed by atoms with Crippen LogP contribution in [0.4, 0.5) is 0 Å². The molecule has 1 aliphatic rings. The van der Waals surface area contributed by atoms with Crippen molar-refractivity contribution in [2.45, 2.75) is 45.6 Å². The van der Waals surface area contributed by atoms with Crippen molar-refractivity contribution in [3.05, 3.63) is 29.8 Å². The van der Waals surface area contributed by atoms with Crippen molar-refractivity contribution in [1.82, 2.24) is 5.32 Å². The van der Waals surface area contributed by atoms with Gasteiger partial charge in [0.1, 0.15) is 5.75 Å². The fraction of sp³-hybridized carbons (Fsp3) is 0.625. The lowest BCUT2D eigenvalue weighted by molar-refractivity contribution is 0.279. The second kappa shape index (κ2) is 7.42. The molecule has 0 heterocycles. The molecule has 1 saturated carbocycles. The summed E-state index contributed by atoms with van der Waals surface area (Å²) in [7, 11) is 0. The molecule has 0 spiro atoms. The number of hydrogen-bond donors (Lipinski definition) is 1. The molecule has 0 radical (unpaired) electrons. The van der Waals surface area contributed by atoms with Gasteiger partial charge >= 0.3 is 0 Å². The minimum Gasteiger partial charge on any atom is -0.494 e. The fourth-order valence-corrected chi connectivity index (χ4v) is 2.66. The Balaban J connectivity index is 1.74. The van der Waals surface area contributed by atoms with Crippen molar-refractivity contribution in [1.29, 1.82) is 0 Å². The molecule has 1 N–H and O–H groups in total. The normalized spacial score (nSPS) is 16.1. The molecular weight excluding hydrogens is 222 g/mol. The zero-order valence-corrected chi connectivity index (χ0v) is 11.5. The van der Waals surface area contributed by atoms with Gasteiger partial charge in [0.15, 0.2) is 0 Å². The van der Waals surface area contributed by atoms with E-state index in [9.17, 15) is 0 Å². The molecule has 0 aromatic heterocycles. The van der Waals surface area contributed by atoms with E-state index in [1.165, 1.54) is 37.7 Å². The van der Waals surface area contributed by atoms with E-state index in [2.05, 4.69) is 36.5 Å². The molecular formula is C16H25NO. The molecule has 2 rings (SSSR count). The number of ether oxygens (including phenoxy) is 1. The molecule has 2 nitrogen and oxygen atoms in total. The molecule has 0 amide bonds. The molecule has 0 unspecified atom stereocenters. The molecule has 1 aromatic rings. The first-order chi connectivity index (χ1) is 8.88.